The average Bonchev–Trinajstić information content (AvgIpc) is 3.29. The fourth-order valence-electron chi connectivity index (χ4n) is 2.84. The van der Waals surface area contributed by atoms with Crippen LogP contribution in [0.25, 0.3) is 5.52 Å². The van der Waals surface area contributed by atoms with Crippen LogP contribution in [-0.2, 0) is 28.5 Å². The number of hydrogen-bond acceptors (Lipinski definition) is 10. The number of ether oxygens (including phenoxy) is 5. The number of methoxy groups -OCH3 is 1. The molecule has 0 aliphatic carbocycles. The van der Waals surface area contributed by atoms with Crippen LogP contribution in [-0.4, -0.2) is 53.0 Å². The summed E-state index contributed by atoms with van der Waals surface area (Å²) in [6.07, 6.45) is 0.495. The van der Waals surface area contributed by atoms with Gasteiger partial charge in [-0.05, 0) is 12.1 Å². The van der Waals surface area contributed by atoms with E-state index in [2.05, 4.69) is 10.1 Å². The van der Waals surface area contributed by atoms with E-state index in [4.69, 9.17) is 34.7 Å². The number of nitrogens with two attached hydrogens (primary N) is 1. The molecule has 2 aromatic heterocycles. The van der Waals surface area contributed by atoms with Crippen molar-refractivity contribution < 1.29 is 28.5 Å². The molecule has 0 spiro atoms. The van der Waals surface area contributed by atoms with Gasteiger partial charge in [-0.3, -0.25) is 4.79 Å². The van der Waals surface area contributed by atoms with Crippen LogP contribution >= 0.6 is 0 Å². The molecule has 0 amide bonds. The highest BCUT2D eigenvalue weighted by Crippen LogP contribution is 2.36. The molecule has 3 rings (SSSR count). The van der Waals surface area contributed by atoms with Crippen LogP contribution in [0, 0.1) is 17.4 Å². The van der Waals surface area contributed by atoms with Crippen LogP contribution in [0.5, 0.6) is 0 Å². The van der Waals surface area contributed by atoms with Crippen LogP contribution in [0.1, 0.15) is 25.6 Å². The lowest BCUT2D eigenvalue weighted by Gasteiger charge is -2.23. The molecular weight excluding hydrogens is 370 g/mol. The molecule has 1 aliphatic heterocycles. The van der Waals surface area contributed by atoms with Crippen molar-refractivity contribution >= 4 is 17.3 Å². The van der Waals surface area contributed by atoms with Crippen molar-refractivity contribution in [3.05, 3.63) is 24.2 Å². The third-order valence-electron chi connectivity index (χ3n) is 4.25. The second-order valence-corrected chi connectivity index (χ2v) is 6.41. The van der Waals surface area contributed by atoms with Gasteiger partial charge in [0.15, 0.2) is 11.9 Å². The summed E-state index contributed by atoms with van der Waals surface area (Å²) in [6.45, 7) is 2.23. The van der Waals surface area contributed by atoms with Crippen molar-refractivity contribution in [2.75, 3.05) is 19.5 Å². The predicted octanol–water partition coefficient (Wildman–Crippen LogP) is 0.763. The molecule has 11 heteroatoms. The molecule has 1 aliphatic rings. The van der Waals surface area contributed by atoms with Crippen molar-refractivity contribution in [3.8, 4) is 6.26 Å². The fourth-order valence-corrected chi connectivity index (χ4v) is 2.84. The zero-order chi connectivity index (χ0) is 20.3. The first-order valence-corrected chi connectivity index (χ1v) is 8.59. The van der Waals surface area contributed by atoms with E-state index < -0.39 is 30.8 Å². The Kier molecular flexibility index (Phi) is 5.93. The highest BCUT2D eigenvalue weighted by Gasteiger charge is 2.45. The summed E-state index contributed by atoms with van der Waals surface area (Å²) in [6, 6.07) is 3.49. The molecule has 2 N–H and O–H groups in total. The Bertz CT molecular complexity index is 879. The van der Waals surface area contributed by atoms with Crippen molar-refractivity contribution in [2.45, 2.75) is 38.6 Å². The van der Waals surface area contributed by atoms with Gasteiger partial charge in [-0.2, -0.15) is 10.4 Å². The van der Waals surface area contributed by atoms with E-state index in [1.165, 1.54) is 13.4 Å². The standard InChI is InChI=1S/C17H21N5O6/c1-9(2)16(23)25-6-12(26-7-18)14-13(27-17(24-3)28-14)10-4-5-11-15(19)20-8-21-22(10)11/h4-5,8-9,12-14,17H,6H2,1-3H3,(H2,19,20,21)/t12-,13+,14-,17?/m1/s1. The second kappa shape index (κ2) is 8.39. The molecule has 0 saturated carbocycles. The molecule has 150 valence electrons. The zero-order valence-corrected chi connectivity index (χ0v) is 15.6. The van der Waals surface area contributed by atoms with Gasteiger partial charge >= 0.3 is 5.97 Å². The minimum atomic E-state index is -0.995. The van der Waals surface area contributed by atoms with Crippen molar-refractivity contribution in [1.29, 1.82) is 5.26 Å². The van der Waals surface area contributed by atoms with Gasteiger partial charge in [-0.1, -0.05) is 13.8 Å². The van der Waals surface area contributed by atoms with Crippen LogP contribution in [0.15, 0.2) is 18.5 Å². The Morgan fingerprint density at radius 1 is 1.43 bits per heavy atom. The number of carbonyl (C=O) groups is 1. The Morgan fingerprint density at radius 2 is 2.21 bits per heavy atom. The Balaban J connectivity index is 1.90. The van der Waals surface area contributed by atoms with Crippen LogP contribution < -0.4 is 5.73 Å². The monoisotopic (exact) mass is 391 g/mol. The summed E-state index contributed by atoms with van der Waals surface area (Å²) in [4.78, 5) is 15.8. The van der Waals surface area contributed by atoms with Crippen LogP contribution in [0.3, 0.4) is 0 Å². The summed E-state index contributed by atoms with van der Waals surface area (Å²) in [5, 5.41) is 13.2. The molecule has 28 heavy (non-hydrogen) atoms. The smallest absolute Gasteiger partial charge is 0.308 e. The number of nitrogen functional groups attached to an aromatic ring is 1. The zero-order valence-electron chi connectivity index (χ0n) is 15.6. The SMILES string of the molecule is COC1O[C@H]([C@@H](COC(=O)C(C)C)OC#N)[C@H](c2ccc3c(N)ncnn23)O1. The number of nitrogens with zero attached hydrogens (tertiary/aromatic N) is 4. The Hall–Kier alpha value is -2.94. The van der Waals surface area contributed by atoms with Gasteiger partial charge in [0.2, 0.25) is 0 Å². The molecule has 1 unspecified atom stereocenters. The largest absolute Gasteiger partial charge is 0.461 e. The lowest BCUT2D eigenvalue weighted by molar-refractivity contribution is -0.234. The molecule has 1 saturated heterocycles. The molecule has 0 bridgehead atoms. The van der Waals surface area contributed by atoms with E-state index >= 15 is 0 Å². The topological polar surface area (TPSA) is 143 Å². The van der Waals surface area contributed by atoms with Gasteiger partial charge in [-0.25, -0.2) is 9.50 Å². The van der Waals surface area contributed by atoms with Crippen molar-refractivity contribution in [3.63, 3.8) is 0 Å². The van der Waals surface area contributed by atoms with E-state index in [1.807, 2.05) is 0 Å². The van der Waals surface area contributed by atoms with E-state index in [0.717, 1.165) is 0 Å². The summed E-state index contributed by atoms with van der Waals surface area (Å²) in [5.74, 6) is -0.435. The van der Waals surface area contributed by atoms with Gasteiger partial charge < -0.3 is 29.4 Å². The van der Waals surface area contributed by atoms with Crippen molar-refractivity contribution in [2.24, 2.45) is 5.92 Å². The Labute approximate surface area is 160 Å². The van der Waals surface area contributed by atoms with E-state index in [1.54, 1.807) is 36.8 Å². The number of nitriles is 1. The number of fused-ring (bicyclic) bond motifs is 1. The van der Waals surface area contributed by atoms with Crippen molar-refractivity contribution in [1.82, 2.24) is 14.6 Å². The first kappa shape index (κ1) is 19.8. The lowest BCUT2D eigenvalue weighted by atomic mass is 10.1. The summed E-state index contributed by atoms with van der Waals surface area (Å²) in [7, 11) is 1.42. The number of carbonyl (C=O) groups excluding carboxylic acids is 1. The third kappa shape index (κ3) is 3.84. The average molecular weight is 391 g/mol. The molecule has 0 aromatic carbocycles. The van der Waals surface area contributed by atoms with Crippen LogP contribution in [0.2, 0.25) is 0 Å². The number of rotatable bonds is 7. The third-order valence-corrected chi connectivity index (χ3v) is 4.25. The predicted molar refractivity (Wildman–Crippen MR) is 93.2 cm³/mol. The first-order valence-electron chi connectivity index (χ1n) is 8.59. The molecular formula is C17H21N5O6. The highest BCUT2D eigenvalue weighted by atomic mass is 16.9. The maximum atomic E-state index is 11.8. The lowest BCUT2D eigenvalue weighted by Crippen LogP contribution is -2.37. The minimum Gasteiger partial charge on any atom is -0.461 e. The Morgan fingerprint density at radius 3 is 2.89 bits per heavy atom. The van der Waals surface area contributed by atoms with Gasteiger partial charge in [-0.15, -0.1) is 0 Å². The van der Waals surface area contributed by atoms with Gasteiger partial charge in [0.25, 0.3) is 12.7 Å². The van der Waals surface area contributed by atoms with E-state index in [0.29, 0.717) is 17.0 Å². The number of hydrogen-bond donors (Lipinski definition) is 1. The minimum absolute atomic E-state index is 0.189. The summed E-state index contributed by atoms with van der Waals surface area (Å²) in [5.41, 5.74) is 7.06. The molecule has 0 radical (unpaired) electrons. The quantitative estimate of drug-likeness (QED) is 0.530. The maximum Gasteiger partial charge on any atom is 0.308 e. The fraction of sp³-hybridized carbons (Fsp3) is 0.529. The summed E-state index contributed by atoms with van der Waals surface area (Å²) >= 11 is 0. The maximum absolute atomic E-state index is 11.8. The molecule has 4 atom stereocenters. The van der Waals surface area contributed by atoms with Crippen LogP contribution in [0.4, 0.5) is 5.82 Å². The first-order chi connectivity index (χ1) is 13.5. The van der Waals surface area contributed by atoms with E-state index in [9.17, 15) is 4.79 Å². The molecule has 11 nitrogen and oxygen atoms in total. The van der Waals surface area contributed by atoms with Gasteiger partial charge in [0, 0.05) is 7.11 Å². The molecule has 2 aromatic rings. The van der Waals surface area contributed by atoms with Gasteiger partial charge in [0.05, 0.1) is 11.6 Å². The number of anilines is 1. The highest BCUT2D eigenvalue weighted by molar-refractivity contribution is 5.71. The second-order valence-electron chi connectivity index (χ2n) is 6.41. The summed E-state index contributed by atoms with van der Waals surface area (Å²) < 4.78 is 28.6. The van der Waals surface area contributed by atoms with Gasteiger partial charge in [0.1, 0.15) is 30.7 Å². The number of aromatic nitrogens is 3. The van der Waals surface area contributed by atoms with E-state index in [-0.39, 0.29) is 12.5 Å². The molecule has 3 heterocycles. The normalized spacial score (nSPS) is 22.9. The molecule has 1 fully saturated rings. The number of esters is 1.